The van der Waals surface area contributed by atoms with E-state index in [1.807, 2.05) is 0 Å². The maximum absolute atomic E-state index is 10.5. The van der Waals surface area contributed by atoms with Gasteiger partial charge in [-0.3, -0.25) is 0 Å². The molecule has 0 amide bonds. The van der Waals surface area contributed by atoms with Gasteiger partial charge in [-0.15, -0.1) is 0 Å². The Morgan fingerprint density at radius 3 is 1.55 bits per heavy atom. The fourth-order valence-electron chi connectivity index (χ4n) is 18.8. The highest BCUT2D eigenvalue weighted by atomic mass is 16.7. The summed E-state index contributed by atoms with van der Waals surface area (Å²) in [6.07, 6.45) is 27.1. The Morgan fingerprint density at radius 1 is 0.567 bits per heavy atom. The molecule has 0 aromatic carbocycles. The van der Waals surface area contributed by atoms with Gasteiger partial charge in [-0.05, 0) is 195 Å². The van der Waals surface area contributed by atoms with E-state index in [0.29, 0.717) is 16.2 Å². The van der Waals surface area contributed by atoms with Crippen molar-refractivity contribution in [2.45, 2.75) is 253 Å². The molecule has 8 aliphatic carbocycles. The topological polar surface area (TPSA) is 120 Å². The second-order valence-electron chi connectivity index (χ2n) is 27.2. The van der Waals surface area contributed by atoms with Crippen molar-refractivity contribution in [1.29, 1.82) is 0 Å². The van der Waals surface area contributed by atoms with E-state index in [-0.39, 0.29) is 17.6 Å². The molecule has 0 aromatic rings. The zero-order valence-corrected chi connectivity index (χ0v) is 44.4. The molecule has 0 spiro atoms. The molecule has 1 aliphatic heterocycles. The lowest BCUT2D eigenvalue weighted by molar-refractivity contribution is -0.313. The normalized spacial score (nSPS) is 47.8. The van der Waals surface area contributed by atoms with Crippen molar-refractivity contribution in [3.05, 3.63) is 23.3 Å². The predicted octanol–water partition coefficient (Wildman–Crippen LogP) is 12.6. The van der Waals surface area contributed by atoms with Gasteiger partial charge in [-0.2, -0.15) is 0 Å². The summed E-state index contributed by atoms with van der Waals surface area (Å²) in [7, 11) is 0. The summed E-state index contributed by atoms with van der Waals surface area (Å²) >= 11 is 0. The number of ether oxygens (including phenoxy) is 2. The lowest BCUT2D eigenvalue weighted by Crippen LogP contribution is -2.60. The van der Waals surface area contributed by atoms with Gasteiger partial charge in [0.15, 0.2) is 6.29 Å². The van der Waals surface area contributed by atoms with Crippen LogP contribution in [0, 0.1) is 92.7 Å². The molecule has 1 heterocycles. The smallest absolute Gasteiger partial charge is 0.186 e. The van der Waals surface area contributed by atoms with Crippen LogP contribution in [0.4, 0.5) is 0 Å². The fraction of sp³-hybridized carbons (Fsp3) is 0.933. The summed E-state index contributed by atoms with van der Waals surface area (Å²) in [4.78, 5) is 0. The predicted molar refractivity (Wildman–Crippen MR) is 271 cm³/mol. The molecule has 21 atom stereocenters. The van der Waals surface area contributed by atoms with Crippen LogP contribution in [0.25, 0.3) is 0 Å². The first-order chi connectivity index (χ1) is 31.7. The van der Waals surface area contributed by atoms with Crippen LogP contribution in [0.2, 0.25) is 0 Å². The second-order valence-corrected chi connectivity index (χ2v) is 27.2. The van der Waals surface area contributed by atoms with Gasteiger partial charge in [0.2, 0.25) is 0 Å². The van der Waals surface area contributed by atoms with Gasteiger partial charge < -0.3 is 35.0 Å². The van der Waals surface area contributed by atoms with Crippen LogP contribution >= 0.6 is 0 Å². The largest absolute Gasteiger partial charge is 0.394 e. The summed E-state index contributed by atoms with van der Waals surface area (Å²) < 4.78 is 11.9. The number of hydrogen-bond acceptors (Lipinski definition) is 7. The third-order valence-electron chi connectivity index (χ3n) is 22.7. The molecule has 67 heavy (non-hydrogen) atoms. The van der Waals surface area contributed by atoms with Crippen molar-refractivity contribution < 1.29 is 35.0 Å². The van der Waals surface area contributed by atoms with E-state index in [1.54, 1.807) is 5.57 Å². The summed E-state index contributed by atoms with van der Waals surface area (Å²) in [6, 6.07) is 0. The third-order valence-corrected chi connectivity index (χ3v) is 22.7. The van der Waals surface area contributed by atoms with Gasteiger partial charge in [0, 0.05) is 0 Å². The van der Waals surface area contributed by atoms with Crippen LogP contribution in [-0.2, 0) is 9.47 Å². The number of hydrogen-bond donors (Lipinski definition) is 5. The van der Waals surface area contributed by atoms with Crippen LogP contribution in [-0.4, -0.2) is 75.1 Å². The first kappa shape index (κ1) is 52.5. The van der Waals surface area contributed by atoms with Gasteiger partial charge in [0.05, 0.1) is 18.8 Å². The van der Waals surface area contributed by atoms with Crippen molar-refractivity contribution in [1.82, 2.24) is 0 Å². The molecule has 9 aliphatic rings. The van der Waals surface area contributed by atoms with E-state index in [9.17, 15) is 25.5 Å². The molecular formula is C60H102O7. The second kappa shape index (κ2) is 21.0. The molecule has 0 bridgehead atoms. The summed E-state index contributed by atoms with van der Waals surface area (Å²) in [5.74, 6) is 10.3. The Labute approximate surface area is 409 Å². The molecule has 21 unspecified atom stereocenters. The molecule has 7 nitrogen and oxygen atoms in total. The van der Waals surface area contributed by atoms with E-state index >= 15 is 0 Å². The molecule has 1 saturated heterocycles. The minimum atomic E-state index is -1.39. The third kappa shape index (κ3) is 10.0. The van der Waals surface area contributed by atoms with Gasteiger partial charge in [-0.25, -0.2) is 0 Å². The number of aliphatic hydroxyl groups excluding tert-OH is 5. The van der Waals surface area contributed by atoms with Gasteiger partial charge in [0.1, 0.15) is 24.4 Å². The van der Waals surface area contributed by atoms with Crippen LogP contribution in [0.5, 0.6) is 0 Å². The van der Waals surface area contributed by atoms with Crippen LogP contribution in [0.1, 0.15) is 210 Å². The molecule has 6 saturated carbocycles. The monoisotopic (exact) mass is 935 g/mol. The van der Waals surface area contributed by atoms with E-state index in [1.165, 1.54) is 115 Å². The lowest BCUT2D eigenvalue weighted by Gasteiger charge is -2.58. The maximum Gasteiger partial charge on any atom is 0.186 e. The quantitative estimate of drug-likeness (QED) is 0.117. The first-order valence-electron chi connectivity index (χ1n) is 28.8. The zero-order chi connectivity index (χ0) is 48.2. The fourth-order valence-corrected chi connectivity index (χ4v) is 18.8. The Morgan fingerprint density at radius 2 is 1.06 bits per heavy atom. The molecule has 5 N–H and O–H groups in total. The molecular weight excluding hydrogens is 833 g/mol. The summed E-state index contributed by atoms with van der Waals surface area (Å²) in [6.45, 7) is 24.5. The van der Waals surface area contributed by atoms with Crippen molar-refractivity contribution in [2.75, 3.05) is 6.61 Å². The van der Waals surface area contributed by atoms with E-state index in [0.717, 1.165) is 103 Å². The van der Waals surface area contributed by atoms with Crippen molar-refractivity contribution in [3.8, 4) is 0 Å². The molecule has 9 rings (SSSR count). The number of allylic oxidation sites excluding steroid dienone is 2. The van der Waals surface area contributed by atoms with Crippen LogP contribution in [0.3, 0.4) is 0 Å². The standard InChI is InChI=1S/C33H56O6.C27H46O/c1-19(2)7-6-8-20(3)24-11-12-25-23-10-9-21-17-22(13-15-32(21,4)26(23)14-16-33(24,25)5)38-31-30(37)29(36)28(35)27(18-34)39-31;1-18(2)7-6-8-19(3)23-11-12-24-22-10-9-20-17-21(28)13-15-26(20,4)25(22)14-16-27(23,24)5/h9,19-20,22-31,34-37H,6-8,10-18H2,1-5H3;9,18-19,21-25,28H,6-8,10-17H2,1-5H3. The molecule has 7 heteroatoms. The van der Waals surface area contributed by atoms with E-state index < -0.39 is 37.3 Å². The number of rotatable bonds is 13. The molecule has 0 aromatic heterocycles. The number of fused-ring (bicyclic) bond motifs is 10. The van der Waals surface area contributed by atoms with Crippen LogP contribution in [0.15, 0.2) is 23.3 Å². The van der Waals surface area contributed by atoms with E-state index in [2.05, 4.69) is 81.4 Å². The maximum atomic E-state index is 10.5. The van der Waals surface area contributed by atoms with E-state index in [4.69, 9.17) is 9.47 Å². The van der Waals surface area contributed by atoms with Crippen molar-refractivity contribution in [2.24, 2.45) is 92.7 Å². The lowest BCUT2D eigenvalue weighted by atomic mass is 9.47. The summed E-state index contributed by atoms with van der Waals surface area (Å²) in [5, 5.41) is 50.5. The van der Waals surface area contributed by atoms with Crippen molar-refractivity contribution >= 4 is 0 Å². The first-order valence-corrected chi connectivity index (χ1v) is 28.8. The van der Waals surface area contributed by atoms with Crippen molar-refractivity contribution in [3.63, 3.8) is 0 Å². The number of aliphatic hydroxyl groups is 5. The van der Waals surface area contributed by atoms with Gasteiger partial charge in [0.25, 0.3) is 0 Å². The molecule has 7 fully saturated rings. The van der Waals surface area contributed by atoms with Crippen LogP contribution < -0.4 is 0 Å². The van der Waals surface area contributed by atoms with Gasteiger partial charge in [-0.1, -0.05) is 131 Å². The Bertz CT molecular complexity index is 1710. The Balaban J connectivity index is 0.000000192. The molecule has 384 valence electrons. The Hall–Kier alpha value is -0.800. The van der Waals surface area contributed by atoms with Gasteiger partial charge >= 0.3 is 0 Å². The average Bonchev–Trinajstić information content (AvgIpc) is 3.83. The molecule has 0 radical (unpaired) electrons. The highest BCUT2D eigenvalue weighted by Gasteiger charge is 2.61. The Kier molecular flexibility index (Phi) is 16.4. The highest BCUT2D eigenvalue weighted by molar-refractivity contribution is 5.27. The summed E-state index contributed by atoms with van der Waals surface area (Å²) in [5.41, 5.74) is 4.81. The SMILES string of the molecule is CC(C)CCCC(C)C1CCC2C3CC=C4CC(O)CCC4(C)C3CCC12C.CC(C)CCCC(C)C1CCC2C3CC=C4CC(OC5OC(CO)C(O)C(O)C5O)CCC4(C)C3CCC12C. The highest BCUT2D eigenvalue weighted by Crippen LogP contribution is 2.69. The average molecular weight is 935 g/mol. The minimum Gasteiger partial charge on any atom is -0.394 e. The minimum absolute atomic E-state index is 0.0766. The zero-order valence-electron chi connectivity index (χ0n) is 44.4.